The van der Waals surface area contributed by atoms with Gasteiger partial charge in [0, 0.05) is 23.4 Å². The summed E-state index contributed by atoms with van der Waals surface area (Å²) < 4.78 is 5.26. The first-order valence-electron chi connectivity index (χ1n) is 22.6. The summed E-state index contributed by atoms with van der Waals surface area (Å²) in [6, 6.07) is 25.5. The van der Waals surface area contributed by atoms with Crippen LogP contribution in [-0.2, 0) is 81.9 Å². The maximum absolute atomic E-state index is 12.0. The third-order valence-electron chi connectivity index (χ3n) is 13.7. The van der Waals surface area contributed by atoms with E-state index in [4.69, 9.17) is 4.74 Å². The van der Waals surface area contributed by atoms with Gasteiger partial charge in [-0.3, -0.25) is 24.1 Å². The summed E-state index contributed by atoms with van der Waals surface area (Å²) in [6.45, 7) is 16.5. The van der Waals surface area contributed by atoms with E-state index in [0.717, 1.165) is 55.0 Å². The average molecular weight is 811 g/mol. The molecule has 0 radical (unpaired) electrons. The smallest absolute Gasteiger partial charge is 0.308 e. The van der Waals surface area contributed by atoms with E-state index in [9.17, 15) is 19.2 Å². The lowest BCUT2D eigenvalue weighted by Crippen LogP contribution is -2.31. The van der Waals surface area contributed by atoms with Gasteiger partial charge in [-0.1, -0.05) is 104 Å². The van der Waals surface area contributed by atoms with E-state index in [0.29, 0.717) is 6.61 Å². The molecule has 3 amide bonds. The first kappa shape index (κ1) is 44.5. The van der Waals surface area contributed by atoms with Gasteiger partial charge in [0.2, 0.25) is 17.7 Å². The number of carbonyl (C=O) groups is 4. The van der Waals surface area contributed by atoms with Crippen LogP contribution in [0.4, 0.5) is 11.4 Å². The molecule has 0 bridgehead atoms. The van der Waals surface area contributed by atoms with Gasteiger partial charge >= 0.3 is 5.97 Å². The van der Waals surface area contributed by atoms with E-state index in [2.05, 4.69) is 67.7 Å². The molecule has 1 aliphatic heterocycles. The van der Waals surface area contributed by atoms with Gasteiger partial charge in [-0.05, 0) is 156 Å². The standard InChI is InChI=1S/C14H15NO2.C14H18O2.C13H17NO.C12H16/c1-8-9(2)14(17)15(13(8)16)12-6-5-10-3-4-11(10)7-12;1-3-10(2)14(15)16-9-11-4-5-12-6-7-13(12)8-11;1-3-9(2)13(15)14-12-7-6-10-4-5-11(10)8-12;1-3-9(2)11-6-4-10-5-7-12(10)8-11/h5-9H,3-4H2,1-2H3;4-5,8,10H,3,6-7,9H2,1-2H3;6-9H,3-5H2,1-2H3,(H,14,15);4,6,8-9H,3,5,7H2,1-2H3. The summed E-state index contributed by atoms with van der Waals surface area (Å²) in [5, 5.41) is 2.96. The fourth-order valence-electron chi connectivity index (χ4n) is 7.80. The lowest BCUT2D eigenvalue weighted by molar-refractivity contribution is -0.149. The molecule has 4 aromatic rings. The Morgan fingerprint density at radius 3 is 1.55 bits per heavy atom. The Labute approximate surface area is 358 Å². The third-order valence-corrected chi connectivity index (χ3v) is 13.7. The highest BCUT2D eigenvalue weighted by Gasteiger charge is 2.43. The van der Waals surface area contributed by atoms with E-state index in [1.54, 1.807) is 11.1 Å². The number of esters is 1. The number of anilines is 2. The predicted octanol–water partition coefficient (Wildman–Crippen LogP) is 10.9. The van der Waals surface area contributed by atoms with Gasteiger partial charge in [0.25, 0.3) is 0 Å². The van der Waals surface area contributed by atoms with Crippen molar-refractivity contribution in [2.75, 3.05) is 10.2 Å². The molecule has 4 aliphatic carbocycles. The quantitative estimate of drug-likeness (QED) is 0.127. The summed E-state index contributed by atoms with van der Waals surface area (Å²) in [5.74, 6) is 0.325. The zero-order valence-corrected chi connectivity index (χ0v) is 37.3. The molecule has 0 saturated carbocycles. The maximum atomic E-state index is 12.0. The second-order valence-corrected chi connectivity index (χ2v) is 17.7. The second kappa shape index (κ2) is 20.0. The van der Waals surface area contributed by atoms with Crippen LogP contribution < -0.4 is 10.2 Å². The predicted molar refractivity (Wildman–Crippen MR) is 242 cm³/mol. The topological polar surface area (TPSA) is 92.8 Å². The van der Waals surface area contributed by atoms with Crippen molar-refractivity contribution in [1.29, 1.82) is 0 Å². The number of aryl methyl sites for hydroxylation is 8. The summed E-state index contributed by atoms with van der Waals surface area (Å²) in [6.07, 6.45) is 12.5. The number of ether oxygens (including phenoxy) is 1. The zero-order chi connectivity index (χ0) is 43.1. The third kappa shape index (κ3) is 10.3. The van der Waals surface area contributed by atoms with Gasteiger partial charge in [0.1, 0.15) is 6.61 Å². The number of fused-ring (bicyclic) bond motifs is 4. The number of rotatable bonds is 10. The van der Waals surface area contributed by atoms with Crippen molar-refractivity contribution in [3.63, 3.8) is 0 Å². The van der Waals surface area contributed by atoms with Gasteiger partial charge in [-0.25, -0.2) is 0 Å². The Hall–Kier alpha value is -5.04. The number of benzene rings is 4. The number of amides is 3. The van der Waals surface area contributed by atoms with E-state index < -0.39 is 0 Å². The van der Waals surface area contributed by atoms with Crippen molar-refractivity contribution in [1.82, 2.24) is 0 Å². The van der Waals surface area contributed by atoms with Gasteiger partial charge in [-0.2, -0.15) is 0 Å². The first-order valence-corrected chi connectivity index (χ1v) is 22.6. The molecule has 5 unspecified atom stereocenters. The Morgan fingerprint density at radius 1 is 0.600 bits per heavy atom. The molecule has 1 saturated heterocycles. The van der Waals surface area contributed by atoms with E-state index in [1.165, 1.54) is 82.4 Å². The van der Waals surface area contributed by atoms with Gasteiger partial charge in [0.15, 0.2) is 0 Å². The first-order chi connectivity index (χ1) is 28.8. The zero-order valence-electron chi connectivity index (χ0n) is 37.3. The molecule has 5 atom stereocenters. The van der Waals surface area contributed by atoms with Crippen LogP contribution in [0.25, 0.3) is 0 Å². The molecule has 4 aromatic carbocycles. The summed E-state index contributed by atoms with van der Waals surface area (Å²) in [5.41, 5.74) is 15.8. The van der Waals surface area contributed by atoms with Crippen LogP contribution in [0.5, 0.6) is 0 Å². The molecule has 7 heteroatoms. The highest BCUT2D eigenvalue weighted by Crippen LogP contribution is 2.34. The van der Waals surface area contributed by atoms with Crippen LogP contribution in [0.15, 0.2) is 72.8 Å². The summed E-state index contributed by atoms with van der Waals surface area (Å²) in [7, 11) is 0. The minimum absolute atomic E-state index is 0.00616. The molecule has 7 nitrogen and oxygen atoms in total. The summed E-state index contributed by atoms with van der Waals surface area (Å²) >= 11 is 0. The van der Waals surface area contributed by atoms with Crippen LogP contribution >= 0.6 is 0 Å². The van der Waals surface area contributed by atoms with Gasteiger partial charge in [-0.15, -0.1) is 0 Å². The molecule has 60 heavy (non-hydrogen) atoms. The lowest BCUT2D eigenvalue weighted by atomic mass is 9.84. The van der Waals surface area contributed by atoms with Gasteiger partial charge in [0.05, 0.1) is 11.6 Å². The van der Waals surface area contributed by atoms with Crippen LogP contribution in [0, 0.1) is 23.7 Å². The molecule has 0 aromatic heterocycles. The number of hydrogen-bond donors (Lipinski definition) is 1. The highest BCUT2D eigenvalue weighted by molar-refractivity contribution is 6.21. The normalized spacial score (nSPS) is 18.7. The monoisotopic (exact) mass is 810 g/mol. The lowest BCUT2D eigenvalue weighted by Gasteiger charge is -2.22. The molecule has 318 valence electrons. The molecule has 0 spiro atoms. The summed E-state index contributed by atoms with van der Waals surface area (Å²) in [4.78, 5) is 48.6. The fraction of sp³-hybridized carbons (Fsp3) is 0.472. The average Bonchev–Trinajstić information content (AvgIpc) is 3.40. The van der Waals surface area contributed by atoms with Crippen LogP contribution in [0.1, 0.15) is 136 Å². The van der Waals surface area contributed by atoms with Crippen LogP contribution in [0.3, 0.4) is 0 Å². The van der Waals surface area contributed by atoms with Crippen molar-refractivity contribution in [2.24, 2.45) is 23.7 Å². The number of imide groups is 1. The minimum Gasteiger partial charge on any atom is -0.461 e. The molecule has 1 fully saturated rings. The molecule has 1 N–H and O–H groups in total. The Kier molecular flexibility index (Phi) is 14.8. The van der Waals surface area contributed by atoms with E-state index in [1.807, 2.05) is 65.8 Å². The molecule has 1 heterocycles. The SMILES string of the molecule is CC1C(=O)N(c2ccc3c(c2)CC3)C(=O)C1C.CCC(C)C(=O)Nc1ccc2c(c1)CC2.CCC(C)C(=O)OCc1ccc2c(c1)CC2.CCC(C)c1ccc2c(c1)CC2. The van der Waals surface area contributed by atoms with Crippen LogP contribution in [0.2, 0.25) is 0 Å². The Morgan fingerprint density at radius 2 is 1.08 bits per heavy atom. The molecular weight excluding hydrogens is 745 g/mol. The van der Waals surface area contributed by atoms with E-state index in [-0.39, 0.29) is 47.4 Å². The van der Waals surface area contributed by atoms with Crippen molar-refractivity contribution in [3.05, 3.63) is 128 Å². The van der Waals surface area contributed by atoms with E-state index >= 15 is 0 Å². The minimum atomic E-state index is -0.200. The van der Waals surface area contributed by atoms with Crippen molar-refractivity contribution in [3.8, 4) is 0 Å². The Balaban J connectivity index is 0.000000135. The molecule has 9 rings (SSSR count). The highest BCUT2D eigenvalue weighted by atomic mass is 16.5. The number of hydrogen-bond acceptors (Lipinski definition) is 5. The Bertz CT molecular complexity index is 2190. The van der Waals surface area contributed by atoms with Gasteiger partial charge < -0.3 is 10.1 Å². The van der Waals surface area contributed by atoms with Crippen molar-refractivity contribution < 1.29 is 23.9 Å². The second-order valence-electron chi connectivity index (χ2n) is 17.7. The largest absolute Gasteiger partial charge is 0.461 e. The fourth-order valence-corrected chi connectivity index (χ4v) is 7.80. The van der Waals surface area contributed by atoms with Crippen molar-refractivity contribution >= 4 is 35.1 Å². The number of nitrogens with one attached hydrogen (secondary N) is 1. The maximum Gasteiger partial charge on any atom is 0.308 e. The number of nitrogens with zero attached hydrogens (tertiary/aromatic N) is 1. The van der Waals surface area contributed by atoms with Crippen molar-refractivity contribution in [2.45, 2.75) is 139 Å². The number of carbonyl (C=O) groups excluding carboxylic acids is 4. The van der Waals surface area contributed by atoms with Crippen LogP contribution in [-0.4, -0.2) is 23.7 Å². The molecule has 5 aliphatic rings. The molecular formula is C53H66N2O5.